The van der Waals surface area contributed by atoms with E-state index >= 15 is 4.39 Å². The molecule has 0 atom stereocenters. The van der Waals surface area contributed by atoms with Gasteiger partial charge in [0.2, 0.25) is 5.91 Å². The highest BCUT2D eigenvalue weighted by Gasteiger charge is 2.20. The molecule has 0 fully saturated rings. The normalized spacial score (nSPS) is 10.6. The van der Waals surface area contributed by atoms with Crippen molar-refractivity contribution in [2.45, 2.75) is 6.92 Å². The summed E-state index contributed by atoms with van der Waals surface area (Å²) in [5, 5.41) is 3.01. The van der Waals surface area contributed by atoms with E-state index in [1.54, 1.807) is 30.3 Å². The molecule has 23 heavy (non-hydrogen) atoms. The second kappa shape index (κ2) is 6.22. The van der Waals surface area contributed by atoms with Gasteiger partial charge in [-0.15, -0.1) is 0 Å². The lowest BCUT2D eigenvalue weighted by Crippen LogP contribution is -2.08. The van der Waals surface area contributed by atoms with Gasteiger partial charge in [-0.3, -0.25) is 4.79 Å². The highest BCUT2D eigenvalue weighted by atomic mass is 35.5. The van der Waals surface area contributed by atoms with Gasteiger partial charge in [0.05, 0.1) is 17.4 Å². The van der Waals surface area contributed by atoms with E-state index in [1.165, 1.54) is 25.6 Å². The third-order valence-corrected chi connectivity index (χ3v) is 3.62. The van der Waals surface area contributed by atoms with Gasteiger partial charge in [0.25, 0.3) is 0 Å². The molecule has 0 saturated heterocycles. The van der Waals surface area contributed by atoms with E-state index in [0.717, 1.165) is 0 Å². The third kappa shape index (κ3) is 2.96. The Kier molecular flexibility index (Phi) is 4.12. The molecule has 0 unspecified atom stereocenters. The highest BCUT2D eigenvalue weighted by molar-refractivity contribution is 6.33. The van der Waals surface area contributed by atoms with Crippen LogP contribution in [0.4, 0.5) is 10.1 Å². The molecule has 0 aliphatic heterocycles. The topological polar surface area (TPSA) is 55.1 Å². The lowest BCUT2D eigenvalue weighted by atomic mass is 9.98. The van der Waals surface area contributed by atoms with Crippen LogP contribution in [0.5, 0.6) is 0 Å². The first-order chi connectivity index (χ1) is 11.1. The third-order valence-electron chi connectivity index (χ3n) is 3.29. The fourth-order valence-electron chi connectivity index (χ4n) is 2.34. The molecule has 0 bridgehead atoms. The van der Waals surface area contributed by atoms with Crippen LogP contribution in [0.25, 0.3) is 22.5 Å². The van der Waals surface area contributed by atoms with E-state index in [0.29, 0.717) is 22.0 Å². The van der Waals surface area contributed by atoms with Crippen LogP contribution in [-0.2, 0) is 4.79 Å². The molecular weight excluding hydrogens is 319 g/mol. The Balaban J connectivity index is 2.27. The summed E-state index contributed by atoms with van der Waals surface area (Å²) in [7, 11) is 0. The van der Waals surface area contributed by atoms with Crippen molar-refractivity contribution in [2.75, 3.05) is 5.32 Å². The van der Waals surface area contributed by atoms with Crippen molar-refractivity contribution in [3.63, 3.8) is 0 Å². The summed E-state index contributed by atoms with van der Waals surface area (Å²) in [6.07, 6.45) is 2.65. The minimum absolute atomic E-state index is 0.208. The van der Waals surface area contributed by atoms with Crippen molar-refractivity contribution in [3.8, 4) is 22.5 Å². The number of hydrogen-bond acceptors (Lipinski definition) is 3. The molecular formula is C17H12ClFN2O2. The fourth-order valence-corrected chi connectivity index (χ4v) is 2.57. The standard InChI is InChI=1S/C17H12ClFN2O2/c1-10(22)21-14-7-6-12(15-8-20-9-23-15)17(19)16(14)11-4-2-3-5-13(11)18/h2-9H,1H3,(H,21,22). The molecule has 0 spiro atoms. The van der Waals surface area contributed by atoms with Crippen LogP contribution < -0.4 is 5.32 Å². The second-order valence-corrected chi connectivity index (χ2v) is 5.28. The largest absolute Gasteiger partial charge is 0.443 e. The summed E-state index contributed by atoms with van der Waals surface area (Å²) in [6.45, 7) is 1.36. The molecule has 3 rings (SSSR count). The second-order valence-electron chi connectivity index (χ2n) is 4.88. The van der Waals surface area contributed by atoms with Crippen LogP contribution in [0.3, 0.4) is 0 Å². The van der Waals surface area contributed by atoms with Crippen molar-refractivity contribution in [2.24, 2.45) is 0 Å². The number of carbonyl (C=O) groups is 1. The summed E-state index contributed by atoms with van der Waals surface area (Å²) in [5.74, 6) is -0.545. The Hall–Kier alpha value is -2.66. The number of rotatable bonds is 3. The van der Waals surface area contributed by atoms with Gasteiger partial charge < -0.3 is 9.73 Å². The van der Waals surface area contributed by atoms with E-state index in [9.17, 15) is 4.79 Å². The number of benzene rings is 2. The van der Waals surface area contributed by atoms with Gasteiger partial charge >= 0.3 is 0 Å². The summed E-state index contributed by atoms with van der Waals surface area (Å²) < 4.78 is 20.3. The minimum atomic E-state index is -0.541. The first-order valence-corrected chi connectivity index (χ1v) is 7.19. The summed E-state index contributed by atoms with van der Waals surface area (Å²) in [5.41, 5.74) is 1.27. The molecule has 0 aliphatic rings. The molecule has 6 heteroatoms. The first kappa shape index (κ1) is 15.2. The molecule has 0 saturated carbocycles. The zero-order chi connectivity index (χ0) is 16.4. The zero-order valence-corrected chi connectivity index (χ0v) is 12.9. The fraction of sp³-hybridized carbons (Fsp3) is 0.0588. The lowest BCUT2D eigenvalue weighted by molar-refractivity contribution is -0.114. The Labute approximate surface area is 136 Å². The summed E-state index contributed by atoms with van der Waals surface area (Å²) in [6, 6.07) is 10.00. The molecule has 1 aromatic heterocycles. The minimum Gasteiger partial charge on any atom is -0.443 e. The van der Waals surface area contributed by atoms with Crippen molar-refractivity contribution in [1.29, 1.82) is 0 Å². The predicted octanol–water partition coefficient (Wildman–Crippen LogP) is 4.76. The Morgan fingerprint density at radius 3 is 2.65 bits per heavy atom. The van der Waals surface area contributed by atoms with Crippen LogP contribution in [0.15, 0.2) is 53.4 Å². The van der Waals surface area contributed by atoms with Crippen LogP contribution >= 0.6 is 11.6 Å². The molecule has 3 aromatic rings. The number of oxazole rings is 1. The number of nitrogens with zero attached hydrogens (tertiary/aromatic N) is 1. The number of carbonyl (C=O) groups excluding carboxylic acids is 1. The SMILES string of the molecule is CC(=O)Nc1ccc(-c2cnco2)c(F)c1-c1ccccc1Cl. The van der Waals surface area contributed by atoms with Gasteiger partial charge in [0.1, 0.15) is 5.82 Å². The van der Waals surface area contributed by atoms with E-state index in [2.05, 4.69) is 10.3 Å². The first-order valence-electron chi connectivity index (χ1n) is 6.82. The number of hydrogen-bond donors (Lipinski definition) is 1. The van der Waals surface area contributed by atoms with Crippen molar-refractivity contribution >= 4 is 23.2 Å². The maximum atomic E-state index is 15.1. The van der Waals surface area contributed by atoms with Crippen molar-refractivity contribution < 1.29 is 13.6 Å². The van der Waals surface area contributed by atoms with Crippen LogP contribution in [0.2, 0.25) is 5.02 Å². The lowest BCUT2D eigenvalue weighted by Gasteiger charge is -2.14. The van der Waals surface area contributed by atoms with E-state index in [4.69, 9.17) is 16.0 Å². The molecule has 2 aromatic carbocycles. The number of aromatic nitrogens is 1. The average Bonchev–Trinajstić information content (AvgIpc) is 3.02. The molecule has 4 nitrogen and oxygen atoms in total. The predicted molar refractivity (Wildman–Crippen MR) is 86.6 cm³/mol. The van der Waals surface area contributed by atoms with E-state index < -0.39 is 5.82 Å². The summed E-state index contributed by atoms with van der Waals surface area (Å²) >= 11 is 6.20. The van der Waals surface area contributed by atoms with Gasteiger partial charge in [-0.2, -0.15) is 0 Å². The Bertz CT molecular complexity index is 863. The molecule has 1 N–H and O–H groups in total. The number of halogens is 2. The smallest absolute Gasteiger partial charge is 0.221 e. The Morgan fingerprint density at radius 2 is 2.00 bits per heavy atom. The molecule has 0 aliphatic carbocycles. The Morgan fingerprint density at radius 1 is 1.22 bits per heavy atom. The zero-order valence-electron chi connectivity index (χ0n) is 12.1. The van der Waals surface area contributed by atoms with Gasteiger partial charge in [-0.1, -0.05) is 29.8 Å². The van der Waals surface area contributed by atoms with E-state index in [1.807, 2.05) is 0 Å². The molecule has 1 amide bonds. The quantitative estimate of drug-likeness (QED) is 0.753. The van der Waals surface area contributed by atoms with Crippen molar-refractivity contribution in [3.05, 3.63) is 59.8 Å². The monoisotopic (exact) mass is 330 g/mol. The summed E-state index contributed by atoms with van der Waals surface area (Å²) in [4.78, 5) is 15.2. The molecule has 0 radical (unpaired) electrons. The molecule has 1 heterocycles. The van der Waals surface area contributed by atoms with Crippen LogP contribution in [0, 0.1) is 5.82 Å². The number of amides is 1. The maximum absolute atomic E-state index is 15.1. The number of nitrogens with one attached hydrogen (secondary N) is 1. The maximum Gasteiger partial charge on any atom is 0.221 e. The van der Waals surface area contributed by atoms with E-state index in [-0.39, 0.29) is 17.0 Å². The highest BCUT2D eigenvalue weighted by Crippen LogP contribution is 2.39. The van der Waals surface area contributed by atoms with Gasteiger partial charge in [-0.25, -0.2) is 9.37 Å². The molecule has 116 valence electrons. The van der Waals surface area contributed by atoms with Gasteiger partial charge in [0, 0.05) is 23.1 Å². The average molecular weight is 331 g/mol. The van der Waals surface area contributed by atoms with Crippen LogP contribution in [0.1, 0.15) is 6.92 Å². The van der Waals surface area contributed by atoms with Crippen LogP contribution in [-0.4, -0.2) is 10.9 Å². The van der Waals surface area contributed by atoms with Crippen molar-refractivity contribution in [1.82, 2.24) is 4.98 Å². The number of anilines is 1. The van der Waals surface area contributed by atoms with Gasteiger partial charge in [0.15, 0.2) is 12.2 Å². The van der Waals surface area contributed by atoms with Gasteiger partial charge in [-0.05, 0) is 18.2 Å².